The number of amides is 2. The first kappa shape index (κ1) is 3.70. The van der Waals surface area contributed by atoms with Gasteiger partial charge in [0.1, 0.15) is 0 Å². The van der Waals surface area contributed by atoms with Crippen LogP contribution in [0.4, 0.5) is 0 Å². The number of nitrogens with one attached hydrogen (secondary N) is 1. The molecule has 2 amide bonds. The molecule has 0 aromatic rings. The molecule has 0 bridgehead atoms. The Morgan fingerprint density at radius 1 is 1.82 bits per heavy atom. The van der Waals surface area contributed by atoms with Crippen molar-refractivity contribution in [3.05, 3.63) is 0 Å². The van der Waals surface area contributed by atoms with Crippen LogP contribution in [-0.2, 0) is 9.59 Å². The van der Waals surface area contributed by atoms with Crippen molar-refractivity contribution < 1.29 is 16.4 Å². The quantitative estimate of drug-likeness (QED) is 0.608. The van der Waals surface area contributed by atoms with E-state index in [1.807, 2.05) is 0 Å². The summed E-state index contributed by atoms with van der Waals surface area (Å²) in [5.41, 5.74) is -1.27. The van der Waals surface area contributed by atoms with Gasteiger partial charge in [0.2, 0.25) is 11.8 Å². The van der Waals surface area contributed by atoms with Gasteiger partial charge in [0.15, 0.2) is 0 Å². The second kappa shape index (κ2) is 2.64. The first-order valence-electron chi connectivity index (χ1n) is 5.82. The van der Waals surface area contributed by atoms with Gasteiger partial charge in [-0.15, -0.1) is 0 Å². The van der Waals surface area contributed by atoms with E-state index in [0.29, 0.717) is 0 Å². The summed E-state index contributed by atoms with van der Waals surface area (Å²) in [6.07, 6.45) is -3.14. The Bertz CT molecular complexity index is 338. The van der Waals surface area contributed by atoms with Crippen LogP contribution in [0, 0.1) is 5.41 Å². The summed E-state index contributed by atoms with van der Waals surface area (Å²) in [6, 6.07) is 0. The second-order valence-electron chi connectivity index (χ2n) is 2.97. The highest BCUT2D eigenvalue weighted by Crippen LogP contribution is 2.31. The minimum absolute atomic E-state index is 0.165. The summed E-state index contributed by atoms with van der Waals surface area (Å²) in [5, 5.41) is 2.05. The Labute approximate surface area is 73.2 Å². The number of hydrogen-bond donors (Lipinski definition) is 1. The number of carbonyl (C=O) groups excluding carboxylic acids is 2. The number of carbonyl (C=O) groups is 2. The predicted octanol–water partition coefficient (Wildman–Crippen LogP) is 0.839. The molecule has 0 aromatic heterocycles. The molecule has 1 saturated heterocycles. The van der Waals surface area contributed by atoms with Gasteiger partial charge >= 0.3 is 0 Å². The van der Waals surface area contributed by atoms with Gasteiger partial charge < -0.3 is 0 Å². The molecule has 3 heteroatoms. The standard InChI is InChI=1S/C8H13NO2/c1-3-4-8(2)5-6(10)9-7(8)11/h3-5H2,1-2H3,(H,9,10,11)/i1D3,3D2. The van der Waals surface area contributed by atoms with Crippen molar-refractivity contribution in [3.63, 3.8) is 0 Å². The molecule has 3 nitrogen and oxygen atoms in total. The number of hydrogen-bond acceptors (Lipinski definition) is 2. The van der Waals surface area contributed by atoms with Gasteiger partial charge in [-0.05, 0) is 6.42 Å². The zero-order chi connectivity index (χ0) is 12.8. The molecule has 0 saturated carbocycles. The zero-order valence-electron chi connectivity index (χ0n) is 11.2. The van der Waals surface area contributed by atoms with E-state index in [1.165, 1.54) is 6.92 Å². The smallest absolute Gasteiger partial charge is 0.233 e. The highest BCUT2D eigenvalue weighted by molar-refractivity contribution is 6.05. The van der Waals surface area contributed by atoms with E-state index in [9.17, 15) is 9.59 Å². The third kappa shape index (κ3) is 1.42. The van der Waals surface area contributed by atoms with Crippen LogP contribution in [0.25, 0.3) is 0 Å². The van der Waals surface area contributed by atoms with E-state index in [2.05, 4.69) is 5.32 Å². The van der Waals surface area contributed by atoms with Gasteiger partial charge in [-0.3, -0.25) is 14.9 Å². The Morgan fingerprint density at radius 2 is 2.55 bits per heavy atom. The third-order valence-electron chi connectivity index (χ3n) is 1.83. The van der Waals surface area contributed by atoms with E-state index in [0.717, 1.165) is 0 Å². The van der Waals surface area contributed by atoms with E-state index >= 15 is 0 Å². The number of rotatable bonds is 2. The average molecular weight is 160 g/mol. The molecular formula is C8H13NO2. The lowest BCUT2D eigenvalue weighted by Gasteiger charge is -2.17. The van der Waals surface area contributed by atoms with Gasteiger partial charge in [-0.25, -0.2) is 0 Å². The molecule has 0 radical (unpaired) electrons. The molecule has 1 aliphatic rings. The lowest BCUT2D eigenvalue weighted by Crippen LogP contribution is -2.28. The van der Waals surface area contributed by atoms with Crippen molar-refractivity contribution in [3.8, 4) is 0 Å². The molecule has 1 unspecified atom stereocenters. The van der Waals surface area contributed by atoms with E-state index in [4.69, 9.17) is 6.85 Å². The second-order valence-corrected chi connectivity index (χ2v) is 2.97. The fourth-order valence-electron chi connectivity index (χ4n) is 1.09. The maximum absolute atomic E-state index is 11.4. The minimum Gasteiger partial charge on any atom is -0.296 e. The molecule has 0 spiro atoms. The first-order chi connectivity index (χ1) is 6.98. The SMILES string of the molecule is [2H]C([2H])([2H])C([2H])([2H])CC1(C)CC(=O)NC1=O. The molecule has 1 rings (SSSR count). The van der Waals surface area contributed by atoms with E-state index < -0.39 is 36.9 Å². The average Bonchev–Trinajstić information content (AvgIpc) is 2.21. The Morgan fingerprint density at radius 3 is 3.00 bits per heavy atom. The normalized spacial score (nSPS) is 39.9. The van der Waals surface area contributed by atoms with Crippen LogP contribution < -0.4 is 5.32 Å². The first-order valence-corrected chi connectivity index (χ1v) is 3.32. The van der Waals surface area contributed by atoms with Crippen LogP contribution in [0.2, 0.25) is 0 Å². The Hall–Kier alpha value is -0.860. The Balaban J connectivity index is 2.89. The summed E-state index contributed by atoms with van der Waals surface area (Å²) in [4.78, 5) is 22.4. The monoisotopic (exact) mass is 160 g/mol. The van der Waals surface area contributed by atoms with Crippen molar-refractivity contribution in [2.24, 2.45) is 5.41 Å². The van der Waals surface area contributed by atoms with Gasteiger partial charge in [0.05, 0.1) is 5.41 Å². The summed E-state index contributed by atoms with van der Waals surface area (Å²) in [7, 11) is 0. The third-order valence-corrected chi connectivity index (χ3v) is 1.83. The molecule has 0 aromatic carbocycles. The van der Waals surface area contributed by atoms with E-state index in [-0.39, 0.29) is 6.42 Å². The van der Waals surface area contributed by atoms with Crippen LogP contribution >= 0.6 is 0 Å². The summed E-state index contributed by atoms with van der Waals surface area (Å²) < 4.78 is 36.0. The molecule has 1 N–H and O–H groups in total. The van der Waals surface area contributed by atoms with Crippen LogP contribution in [0.3, 0.4) is 0 Å². The van der Waals surface area contributed by atoms with Crippen molar-refractivity contribution in [1.29, 1.82) is 0 Å². The minimum atomic E-state index is -2.80. The molecular weight excluding hydrogens is 142 g/mol. The summed E-state index contributed by atoms with van der Waals surface area (Å²) in [5.74, 6) is -1.10. The molecule has 11 heavy (non-hydrogen) atoms. The summed E-state index contributed by atoms with van der Waals surface area (Å²) >= 11 is 0. The highest BCUT2D eigenvalue weighted by Gasteiger charge is 2.41. The van der Waals surface area contributed by atoms with Gasteiger partial charge in [0, 0.05) is 13.3 Å². The van der Waals surface area contributed by atoms with E-state index in [1.54, 1.807) is 0 Å². The molecule has 0 aliphatic carbocycles. The van der Waals surface area contributed by atoms with Gasteiger partial charge in [-0.1, -0.05) is 20.1 Å². The van der Waals surface area contributed by atoms with Crippen molar-refractivity contribution in [2.45, 2.75) is 33.0 Å². The summed E-state index contributed by atoms with van der Waals surface area (Å²) in [6.45, 7) is -1.40. The van der Waals surface area contributed by atoms with Crippen LogP contribution in [0.15, 0.2) is 0 Å². The van der Waals surface area contributed by atoms with Crippen LogP contribution in [0.5, 0.6) is 0 Å². The maximum atomic E-state index is 11.4. The lowest BCUT2D eigenvalue weighted by atomic mass is 9.84. The fraction of sp³-hybridized carbons (Fsp3) is 0.750. The number of imide groups is 1. The van der Waals surface area contributed by atoms with Crippen molar-refractivity contribution >= 4 is 11.8 Å². The van der Waals surface area contributed by atoms with Crippen LogP contribution in [-0.4, -0.2) is 11.8 Å². The highest BCUT2D eigenvalue weighted by atomic mass is 16.2. The maximum Gasteiger partial charge on any atom is 0.233 e. The topological polar surface area (TPSA) is 46.2 Å². The van der Waals surface area contributed by atoms with Gasteiger partial charge in [-0.2, -0.15) is 0 Å². The van der Waals surface area contributed by atoms with Crippen molar-refractivity contribution in [1.82, 2.24) is 5.32 Å². The largest absolute Gasteiger partial charge is 0.296 e. The van der Waals surface area contributed by atoms with Crippen LogP contribution in [0.1, 0.15) is 39.8 Å². The van der Waals surface area contributed by atoms with Gasteiger partial charge in [0.25, 0.3) is 0 Å². The zero-order valence-corrected chi connectivity index (χ0v) is 6.23. The Kier molecular flexibility index (Phi) is 0.888. The fourth-order valence-corrected chi connectivity index (χ4v) is 1.09. The molecule has 1 fully saturated rings. The molecule has 1 aliphatic heterocycles. The molecule has 1 heterocycles. The predicted molar refractivity (Wildman–Crippen MR) is 40.8 cm³/mol. The molecule has 62 valence electrons. The lowest BCUT2D eigenvalue weighted by molar-refractivity contribution is -0.128. The molecule has 1 atom stereocenters. The van der Waals surface area contributed by atoms with Crippen molar-refractivity contribution in [2.75, 3.05) is 0 Å².